The normalized spacial score (nSPS) is 10.1. The second-order valence-electron chi connectivity index (χ2n) is 5.99. The summed E-state index contributed by atoms with van der Waals surface area (Å²) in [6.45, 7) is -0.280. The van der Waals surface area contributed by atoms with Crippen LogP contribution in [0.1, 0.15) is 10.4 Å². The molecule has 2 amide bonds. The molecule has 0 aromatic heterocycles. The predicted molar refractivity (Wildman–Crippen MR) is 108 cm³/mol. The van der Waals surface area contributed by atoms with Gasteiger partial charge in [0.05, 0.1) is 4.92 Å². The molecule has 0 aliphatic heterocycles. The molecular weight excluding hydrogens is 374 g/mol. The summed E-state index contributed by atoms with van der Waals surface area (Å²) in [6, 6.07) is 21.0. The molecule has 0 unspecified atom stereocenters. The summed E-state index contributed by atoms with van der Waals surface area (Å²) in [5, 5.41) is 16.1. The molecule has 0 bridgehead atoms. The van der Waals surface area contributed by atoms with Gasteiger partial charge in [-0.3, -0.25) is 19.7 Å². The van der Waals surface area contributed by atoms with E-state index in [0.717, 1.165) is 0 Å². The van der Waals surface area contributed by atoms with E-state index in [1.807, 2.05) is 18.2 Å². The van der Waals surface area contributed by atoms with Gasteiger partial charge in [0.2, 0.25) is 0 Å². The van der Waals surface area contributed by atoms with Crippen molar-refractivity contribution in [3.8, 4) is 5.75 Å². The van der Waals surface area contributed by atoms with Crippen LogP contribution in [0.4, 0.5) is 17.1 Å². The number of ether oxygens (including phenoxy) is 1. The van der Waals surface area contributed by atoms with E-state index in [-0.39, 0.29) is 18.2 Å². The van der Waals surface area contributed by atoms with Gasteiger partial charge in [-0.05, 0) is 42.5 Å². The number of nitrogens with zero attached hydrogens (tertiary/aromatic N) is 1. The number of hydrogen-bond donors (Lipinski definition) is 2. The Morgan fingerprint density at radius 2 is 1.55 bits per heavy atom. The van der Waals surface area contributed by atoms with Gasteiger partial charge in [0.15, 0.2) is 6.61 Å². The summed E-state index contributed by atoms with van der Waals surface area (Å²) in [7, 11) is 0. The summed E-state index contributed by atoms with van der Waals surface area (Å²) in [6.07, 6.45) is 0. The molecule has 8 nitrogen and oxygen atoms in total. The van der Waals surface area contributed by atoms with E-state index in [4.69, 9.17) is 4.74 Å². The second-order valence-corrected chi connectivity index (χ2v) is 5.99. The van der Waals surface area contributed by atoms with Crippen molar-refractivity contribution >= 4 is 28.9 Å². The molecule has 0 radical (unpaired) electrons. The highest BCUT2D eigenvalue weighted by Gasteiger charge is 2.10. The zero-order valence-electron chi connectivity index (χ0n) is 15.2. The third-order valence-electron chi connectivity index (χ3n) is 3.86. The van der Waals surface area contributed by atoms with Crippen molar-refractivity contribution in [2.24, 2.45) is 0 Å². The van der Waals surface area contributed by atoms with Crippen LogP contribution in [-0.2, 0) is 4.79 Å². The average Bonchev–Trinajstić information content (AvgIpc) is 2.73. The number of carbonyl (C=O) groups excluding carboxylic acids is 2. The molecule has 0 heterocycles. The number of hydrogen-bond acceptors (Lipinski definition) is 5. The second kappa shape index (κ2) is 9.14. The van der Waals surface area contributed by atoms with Crippen LogP contribution < -0.4 is 15.4 Å². The minimum Gasteiger partial charge on any atom is -0.484 e. The van der Waals surface area contributed by atoms with Gasteiger partial charge in [0, 0.05) is 29.1 Å². The Bertz CT molecular complexity index is 1020. The van der Waals surface area contributed by atoms with Gasteiger partial charge < -0.3 is 15.4 Å². The van der Waals surface area contributed by atoms with E-state index in [1.165, 1.54) is 24.3 Å². The lowest BCUT2D eigenvalue weighted by Gasteiger charge is -2.09. The summed E-state index contributed by atoms with van der Waals surface area (Å²) in [4.78, 5) is 34.5. The Morgan fingerprint density at radius 3 is 2.24 bits per heavy atom. The average molecular weight is 391 g/mol. The smallest absolute Gasteiger partial charge is 0.269 e. The van der Waals surface area contributed by atoms with Crippen molar-refractivity contribution in [1.29, 1.82) is 0 Å². The fraction of sp³-hybridized carbons (Fsp3) is 0.0476. The van der Waals surface area contributed by atoms with E-state index in [1.54, 1.807) is 36.4 Å². The zero-order chi connectivity index (χ0) is 20.6. The van der Waals surface area contributed by atoms with Crippen molar-refractivity contribution in [2.45, 2.75) is 0 Å². The summed E-state index contributed by atoms with van der Waals surface area (Å²) in [5.41, 5.74) is 1.45. The summed E-state index contributed by atoms with van der Waals surface area (Å²) < 4.78 is 5.32. The Labute approximate surface area is 166 Å². The van der Waals surface area contributed by atoms with E-state index in [0.29, 0.717) is 22.7 Å². The Balaban J connectivity index is 1.55. The summed E-state index contributed by atoms with van der Waals surface area (Å²) >= 11 is 0. The van der Waals surface area contributed by atoms with Gasteiger partial charge >= 0.3 is 0 Å². The lowest BCUT2D eigenvalue weighted by Crippen LogP contribution is -2.20. The number of nitro benzene ring substituents is 1. The lowest BCUT2D eigenvalue weighted by molar-refractivity contribution is -0.384. The molecule has 0 saturated carbocycles. The first-order valence-electron chi connectivity index (χ1n) is 8.65. The minimum atomic E-state index is -0.516. The lowest BCUT2D eigenvalue weighted by atomic mass is 10.2. The molecule has 2 N–H and O–H groups in total. The molecule has 0 saturated heterocycles. The highest BCUT2D eigenvalue weighted by Crippen LogP contribution is 2.18. The van der Waals surface area contributed by atoms with Gasteiger partial charge in [-0.25, -0.2) is 0 Å². The molecule has 0 atom stereocenters. The van der Waals surface area contributed by atoms with Crippen LogP contribution >= 0.6 is 0 Å². The SMILES string of the molecule is O=C(COc1ccc([N+](=O)[O-])cc1)Nc1cccc(C(=O)Nc2ccccc2)c1. The molecule has 0 aliphatic rings. The zero-order valence-corrected chi connectivity index (χ0v) is 15.2. The standard InChI is InChI=1S/C21H17N3O5/c25-20(14-29-19-11-9-18(10-12-19)24(27)28)22-17-8-4-5-15(13-17)21(26)23-16-6-2-1-3-7-16/h1-13H,14H2,(H,22,25)(H,23,26). The molecular formula is C21H17N3O5. The third kappa shape index (κ3) is 5.64. The fourth-order valence-electron chi connectivity index (χ4n) is 2.47. The third-order valence-corrected chi connectivity index (χ3v) is 3.86. The highest BCUT2D eigenvalue weighted by atomic mass is 16.6. The molecule has 146 valence electrons. The number of benzene rings is 3. The van der Waals surface area contributed by atoms with Crippen molar-refractivity contribution in [1.82, 2.24) is 0 Å². The highest BCUT2D eigenvalue weighted by molar-refractivity contribution is 6.05. The van der Waals surface area contributed by atoms with E-state index in [2.05, 4.69) is 10.6 Å². The van der Waals surface area contributed by atoms with Crippen LogP contribution in [0.15, 0.2) is 78.9 Å². The maximum Gasteiger partial charge on any atom is 0.269 e. The van der Waals surface area contributed by atoms with E-state index >= 15 is 0 Å². The molecule has 0 fully saturated rings. The van der Waals surface area contributed by atoms with Crippen LogP contribution in [0, 0.1) is 10.1 Å². The Hall–Kier alpha value is -4.20. The molecule has 0 spiro atoms. The number of carbonyl (C=O) groups is 2. The Kier molecular flexibility index (Phi) is 6.16. The predicted octanol–water partition coefficient (Wildman–Crippen LogP) is 3.86. The first kappa shape index (κ1) is 19.6. The minimum absolute atomic E-state index is 0.0626. The maximum atomic E-state index is 12.3. The van der Waals surface area contributed by atoms with Gasteiger partial charge in [-0.2, -0.15) is 0 Å². The Morgan fingerprint density at radius 1 is 0.862 bits per heavy atom. The van der Waals surface area contributed by atoms with E-state index < -0.39 is 10.8 Å². The molecule has 3 aromatic carbocycles. The van der Waals surface area contributed by atoms with Crippen molar-refractivity contribution in [2.75, 3.05) is 17.2 Å². The first-order valence-corrected chi connectivity index (χ1v) is 8.65. The van der Waals surface area contributed by atoms with Crippen LogP contribution in [0.2, 0.25) is 0 Å². The maximum absolute atomic E-state index is 12.3. The van der Waals surface area contributed by atoms with Gasteiger partial charge in [-0.1, -0.05) is 24.3 Å². The molecule has 3 rings (SSSR count). The molecule has 0 aliphatic carbocycles. The van der Waals surface area contributed by atoms with Crippen LogP contribution in [0.25, 0.3) is 0 Å². The monoisotopic (exact) mass is 391 g/mol. The summed E-state index contributed by atoms with van der Waals surface area (Å²) in [5.74, 6) is -0.389. The number of nitrogens with one attached hydrogen (secondary N) is 2. The van der Waals surface area contributed by atoms with Crippen molar-refractivity contribution in [3.63, 3.8) is 0 Å². The van der Waals surface area contributed by atoms with Crippen molar-refractivity contribution < 1.29 is 19.2 Å². The first-order chi connectivity index (χ1) is 14.0. The number of rotatable bonds is 7. The van der Waals surface area contributed by atoms with E-state index in [9.17, 15) is 19.7 Å². The van der Waals surface area contributed by atoms with Gasteiger partial charge in [0.1, 0.15) is 5.75 Å². The number of non-ortho nitro benzene ring substituents is 1. The number of amides is 2. The number of para-hydroxylation sites is 1. The quantitative estimate of drug-likeness (QED) is 0.469. The van der Waals surface area contributed by atoms with Crippen LogP contribution in [-0.4, -0.2) is 23.3 Å². The number of anilines is 2. The van der Waals surface area contributed by atoms with Gasteiger partial charge in [-0.15, -0.1) is 0 Å². The topological polar surface area (TPSA) is 111 Å². The number of nitro groups is 1. The van der Waals surface area contributed by atoms with Crippen molar-refractivity contribution in [3.05, 3.63) is 94.5 Å². The molecule has 3 aromatic rings. The van der Waals surface area contributed by atoms with Crippen LogP contribution in [0.3, 0.4) is 0 Å². The molecule has 29 heavy (non-hydrogen) atoms. The fourth-order valence-corrected chi connectivity index (χ4v) is 2.47. The van der Waals surface area contributed by atoms with Crippen LogP contribution in [0.5, 0.6) is 5.75 Å². The van der Waals surface area contributed by atoms with Gasteiger partial charge in [0.25, 0.3) is 17.5 Å². The molecule has 8 heteroatoms. The largest absolute Gasteiger partial charge is 0.484 e.